The van der Waals surface area contributed by atoms with Crippen LogP contribution in [0, 0.1) is 0 Å². The highest BCUT2D eigenvalue weighted by Gasteiger charge is 2.33. The molecule has 1 aromatic carbocycles. The summed E-state index contributed by atoms with van der Waals surface area (Å²) in [6, 6.07) is 6.04. The number of nitrogens with one attached hydrogen (secondary N) is 1. The lowest BCUT2D eigenvalue weighted by Crippen LogP contribution is -2.43. The second-order valence-electron chi connectivity index (χ2n) is 9.25. The third-order valence-electron chi connectivity index (χ3n) is 6.92. The SMILES string of the molecule is CCCN1CCc2c(sc(NC(=O)c3ccc(S(=O)(=O)N4CCCCC4CC)cc3)c2C(N)=O)C1. The summed E-state index contributed by atoms with van der Waals surface area (Å²) in [5, 5.41) is 3.31. The predicted octanol–water partition coefficient (Wildman–Crippen LogP) is 3.82. The van der Waals surface area contributed by atoms with Crippen molar-refractivity contribution in [1.82, 2.24) is 9.21 Å². The lowest BCUT2D eigenvalue weighted by Gasteiger charge is -2.34. The van der Waals surface area contributed by atoms with E-state index in [1.54, 1.807) is 4.31 Å². The summed E-state index contributed by atoms with van der Waals surface area (Å²) < 4.78 is 28.0. The van der Waals surface area contributed by atoms with Gasteiger partial charge >= 0.3 is 0 Å². The minimum atomic E-state index is -3.62. The Hall–Kier alpha value is -2.27. The Bertz CT molecular complexity index is 1190. The van der Waals surface area contributed by atoms with Crippen LogP contribution in [-0.4, -0.2) is 55.1 Å². The maximum Gasteiger partial charge on any atom is 0.256 e. The van der Waals surface area contributed by atoms with E-state index < -0.39 is 21.8 Å². The van der Waals surface area contributed by atoms with E-state index in [9.17, 15) is 18.0 Å². The van der Waals surface area contributed by atoms with Crippen LogP contribution in [0.3, 0.4) is 0 Å². The molecule has 3 N–H and O–H groups in total. The van der Waals surface area contributed by atoms with E-state index in [4.69, 9.17) is 5.73 Å². The molecular weight excluding hydrogens is 484 g/mol. The van der Waals surface area contributed by atoms with E-state index in [0.717, 1.165) is 68.6 Å². The molecule has 0 bridgehead atoms. The number of rotatable bonds is 8. The normalized spacial score (nSPS) is 19.3. The van der Waals surface area contributed by atoms with E-state index >= 15 is 0 Å². The summed E-state index contributed by atoms with van der Waals surface area (Å²) >= 11 is 1.39. The minimum absolute atomic E-state index is 0.0158. The number of carbonyl (C=O) groups excluding carboxylic acids is 2. The Labute approximate surface area is 211 Å². The van der Waals surface area contributed by atoms with Crippen molar-refractivity contribution in [3.05, 3.63) is 45.8 Å². The number of hydrogen-bond donors (Lipinski definition) is 2. The van der Waals surface area contributed by atoms with Crippen molar-refractivity contribution in [1.29, 1.82) is 0 Å². The van der Waals surface area contributed by atoms with Gasteiger partial charge in [0.2, 0.25) is 10.0 Å². The van der Waals surface area contributed by atoms with Crippen molar-refractivity contribution in [3.63, 3.8) is 0 Å². The molecule has 1 aromatic heterocycles. The Morgan fingerprint density at radius 3 is 2.54 bits per heavy atom. The number of benzene rings is 1. The monoisotopic (exact) mass is 518 g/mol. The smallest absolute Gasteiger partial charge is 0.256 e. The van der Waals surface area contributed by atoms with Crippen LogP contribution in [0.4, 0.5) is 5.00 Å². The van der Waals surface area contributed by atoms with Gasteiger partial charge in [-0.05, 0) is 68.5 Å². The second kappa shape index (κ2) is 10.8. The van der Waals surface area contributed by atoms with E-state index in [0.29, 0.717) is 22.7 Å². The fourth-order valence-electron chi connectivity index (χ4n) is 5.10. The van der Waals surface area contributed by atoms with Gasteiger partial charge in [0.15, 0.2) is 0 Å². The van der Waals surface area contributed by atoms with Crippen LogP contribution in [0.1, 0.15) is 77.1 Å². The summed E-state index contributed by atoms with van der Waals surface area (Å²) in [6.07, 6.45) is 5.33. The molecule has 2 amide bonds. The molecule has 2 aliphatic rings. The van der Waals surface area contributed by atoms with Crippen molar-refractivity contribution in [2.24, 2.45) is 5.73 Å². The molecule has 2 aliphatic heterocycles. The van der Waals surface area contributed by atoms with Gasteiger partial charge in [-0.3, -0.25) is 14.5 Å². The van der Waals surface area contributed by atoms with Crippen molar-refractivity contribution in [2.75, 3.05) is 25.0 Å². The highest BCUT2D eigenvalue weighted by Crippen LogP contribution is 2.37. The topological polar surface area (TPSA) is 113 Å². The number of hydrogen-bond acceptors (Lipinski definition) is 6. The molecule has 1 atom stereocenters. The Balaban J connectivity index is 1.53. The third kappa shape index (κ3) is 5.30. The summed E-state index contributed by atoms with van der Waals surface area (Å²) in [5.74, 6) is -0.944. The van der Waals surface area contributed by atoms with E-state index in [1.165, 1.54) is 35.6 Å². The highest BCUT2D eigenvalue weighted by molar-refractivity contribution is 7.89. The van der Waals surface area contributed by atoms with Crippen LogP contribution in [0.25, 0.3) is 0 Å². The summed E-state index contributed by atoms with van der Waals surface area (Å²) in [4.78, 5) is 28.8. The van der Waals surface area contributed by atoms with E-state index in [-0.39, 0.29) is 10.9 Å². The molecule has 0 radical (unpaired) electrons. The fourth-order valence-corrected chi connectivity index (χ4v) is 8.16. The van der Waals surface area contributed by atoms with Crippen molar-refractivity contribution in [3.8, 4) is 0 Å². The molecule has 3 heterocycles. The number of anilines is 1. The predicted molar refractivity (Wildman–Crippen MR) is 138 cm³/mol. The van der Waals surface area contributed by atoms with E-state index in [2.05, 4.69) is 17.1 Å². The van der Waals surface area contributed by atoms with Crippen LogP contribution in [0.5, 0.6) is 0 Å². The molecule has 0 spiro atoms. The average molecular weight is 519 g/mol. The zero-order valence-electron chi connectivity index (χ0n) is 20.4. The molecule has 35 heavy (non-hydrogen) atoms. The first-order chi connectivity index (χ1) is 16.8. The maximum absolute atomic E-state index is 13.2. The van der Waals surface area contributed by atoms with Crippen molar-refractivity contribution >= 4 is 38.2 Å². The molecule has 1 unspecified atom stereocenters. The van der Waals surface area contributed by atoms with Gasteiger partial charge in [-0.25, -0.2) is 8.42 Å². The van der Waals surface area contributed by atoms with Crippen LogP contribution in [0.15, 0.2) is 29.2 Å². The van der Waals surface area contributed by atoms with Gasteiger partial charge in [0.25, 0.3) is 11.8 Å². The number of nitrogens with zero attached hydrogens (tertiary/aromatic N) is 2. The lowest BCUT2D eigenvalue weighted by atomic mass is 10.0. The molecule has 4 rings (SSSR count). The van der Waals surface area contributed by atoms with E-state index in [1.807, 2.05) is 6.92 Å². The number of sulfonamides is 1. The molecule has 0 saturated carbocycles. The van der Waals surface area contributed by atoms with Crippen LogP contribution >= 0.6 is 11.3 Å². The van der Waals surface area contributed by atoms with Crippen LogP contribution < -0.4 is 11.1 Å². The van der Waals surface area contributed by atoms with Crippen LogP contribution in [0.2, 0.25) is 0 Å². The molecule has 8 nitrogen and oxygen atoms in total. The third-order valence-corrected chi connectivity index (χ3v) is 10.0. The lowest BCUT2D eigenvalue weighted by molar-refractivity contribution is 0.0999. The molecule has 0 aliphatic carbocycles. The zero-order chi connectivity index (χ0) is 25.2. The fraction of sp³-hybridized carbons (Fsp3) is 0.520. The number of primary amides is 1. The second-order valence-corrected chi connectivity index (χ2v) is 12.2. The average Bonchev–Trinajstić information content (AvgIpc) is 3.21. The Morgan fingerprint density at radius 1 is 1.14 bits per heavy atom. The van der Waals surface area contributed by atoms with Crippen molar-refractivity contribution < 1.29 is 18.0 Å². The van der Waals surface area contributed by atoms with Gasteiger partial charge < -0.3 is 11.1 Å². The first-order valence-corrected chi connectivity index (χ1v) is 14.6. The molecule has 1 saturated heterocycles. The minimum Gasteiger partial charge on any atom is -0.365 e. The maximum atomic E-state index is 13.2. The van der Waals surface area contributed by atoms with Gasteiger partial charge in [-0.15, -0.1) is 11.3 Å². The van der Waals surface area contributed by atoms with Gasteiger partial charge in [-0.1, -0.05) is 20.3 Å². The largest absolute Gasteiger partial charge is 0.365 e. The molecule has 190 valence electrons. The molecular formula is C25H34N4O4S2. The van der Waals surface area contributed by atoms with Crippen molar-refractivity contribution in [2.45, 2.75) is 69.9 Å². The standard InChI is InChI=1S/C25H34N4O4S2/c1-3-13-28-15-12-20-21(16-28)34-25(22(20)23(26)30)27-24(31)17-8-10-19(11-9-17)35(32,33)29-14-6-5-7-18(29)4-2/h8-11,18H,3-7,12-16H2,1-2H3,(H2,26,30)(H,27,31). The van der Waals surface area contributed by atoms with Gasteiger partial charge in [0.05, 0.1) is 10.5 Å². The van der Waals surface area contributed by atoms with Gasteiger partial charge in [0.1, 0.15) is 5.00 Å². The van der Waals surface area contributed by atoms with Gasteiger partial charge in [-0.2, -0.15) is 4.31 Å². The zero-order valence-corrected chi connectivity index (χ0v) is 22.0. The Kier molecular flexibility index (Phi) is 7.95. The number of thiophene rings is 1. The summed E-state index contributed by atoms with van der Waals surface area (Å²) in [6.45, 7) is 7.25. The quantitative estimate of drug-likeness (QED) is 0.552. The number of carbonyl (C=O) groups is 2. The van der Waals surface area contributed by atoms with Gasteiger partial charge in [0, 0.05) is 36.1 Å². The summed E-state index contributed by atoms with van der Waals surface area (Å²) in [5.41, 5.74) is 7.33. The molecule has 10 heteroatoms. The number of fused-ring (bicyclic) bond motifs is 1. The number of amides is 2. The number of nitrogens with two attached hydrogens (primary N) is 1. The Morgan fingerprint density at radius 2 is 1.89 bits per heavy atom. The summed E-state index contributed by atoms with van der Waals surface area (Å²) in [7, 11) is -3.62. The molecule has 1 fully saturated rings. The van der Waals surface area contributed by atoms with Crippen LogP contribution in [-0.2, 0) is 23.0 Å². The first kappa shape index (κ1) is 25.8. The highest BCUT2D eigenvalue weighted by atomic mass is 32.2. The molecule has 2 aromatic rings. The number of piperidine rings is 1. The first-order valence-electron chi connectivity index (χ1n) is 12.4.